The largest absolute Gasteiger partial charge is 0.309 e. The van der Waals surface area contributed by atoms with Crippen molar-refractivity contribution in [2.24, 2.45) is 0 Å². The third-order valence-corrected chi connectivity index (χ3v) is 4.11. The minimum absolute atomic E-state index is 0.234. The van der Waals surface area contributed by atoms with Crippen molar-refractivity contribution in [2.45, 2.75) is 19.4 Å². The molecule has 1 aromatic carbocycles. The van der Waals surface area contributed by atoms with Crippen LogP contribution in [0.25, 0.3) is 0 Å². The molecule has 1 N–H and O–H groups in total. The molecule has 18 heavy (non-hydrogen) atoms. The fraction of sp³-hybridized carbons (Fsp3) is 0.286. The Morgan fingerprint density at radius 1 is 1.39 bits per heavy atom. The molecule has 1 atom stereocenters. The predicted molar refractivity (Wildman–Crippen MR) is 75.9 cm³/mol. The fourth-order valence-corrected chi connectivity index (χ4v) is 2.96. The maximum absolute atomic E-state index is 13.0. The summed E-state index contributed by atoms with van der Waals surface area (Å²) in [7, 11) is 0. The molecule has 1 unspecified atom stereocenters. The van der Waals surface area contributed by atoms with Gasteiger partial charge in [-0.2, -0.15) is 0 Å². The van der Waals surface area contributed by atoms with Crippen molar-refractivity contribution in [1.29, 1.82) is 0 Å². The van der Waals surface area contributed by atoms with E-state index in [2.05, 4.69) is 23.7 Å². The lowest BCUT2D eigenvalue weighted by atomic mass is 10.0. The van der Waals surface area contributed by atoms with E-state index < -0.39 is 0 Å². The van der Waals surface area contributed by atoms with Crippen LogP contribution in [0, 0.1) is 5.82 Å². The van der Waals surface area contributed by atoms with Crippen LogP contribution in [0.3, 0.4) is 0 Å². The lowest BCUT2D eigenvalue weighted by Gasteiger charge is -2.17. The second-order valence-corrected chi connectivity index (χ2v) is 5.45. The highest BCUT2D eigenvalue weighted by atomic mass is 35.5. The summed E-state index contributed by atoms with van der Waals surface area (Å²) in [5, 5.41) is 5.99. The molecule has 0 aliphatic carbocycles. The predicted octanol–water partition coefficient (Wildman–Crippen LogP) is 4.43. The highest BCUT2D eigenvalue weighted by molar-refractivity contribution is 7.10. The number of rotatable bonds is 5. The van der Waals surface area contributed by atoms with Crippen LogP contribution in [0.4, 0.5) is 4.39 Å². The molecule has 0 aliphatic rings. The molecule has 1 heterocycles. The number of hydrogen-bond donors (Lipinski definition) is 1. The zero-order valence-electron chi connectivity index (χ0n) is 10.1. The number of thiophene rings is 1. The number of halogens is 2. The van der Waals surface area contributed by atoms with Gasteiger partial charge in [-0.15, -0.1) is 11.3 Å². The standard InChI is InChI=1S/C14H15ClFNS/c1-2-17-13(14-4-3-7-18-14)8-10-5-6-11(16)9-12(10)15/h3-7,9,13,17H,2,8H2,1H3. The molecule has 2 aromatic rings. The second kappa shape index (κ2) is 6.32. The Morgan fingerprint density at radius 2 is 2.22 bits per heavy atom. The summed E-state index contributed by atoms with van der Waals surface area (Å²) in [6, 6.07) is 8.96. The quantitative estimate of drug-likeness (QED) is 0.856. The smallest absolute Gasteiger partial charge is 0.124 e. The van der Waals surface area contributed by atoms with E-state index in [4.69, 9.17) is 11.6 Å². The molecular weight excluding hydrogens is 269 g/mol. The molecule has 0 aliphatic heterocycles. The average molecular weight is 284 g/mol. The summed E-state index contributed by atoms with van der Waals surface area (Å²) < 4.78 is 13.0. The van der Waals surface area contributed by atoms with Crippen LogP contribution in [-0.4, -0.2) is 6.54 Å². The van der Waals surface area contributed by atoms with E-state index in [1.807, 2.05) is 6.07 Å². The lowest BCUT2D eigenvalue weighted by Crippen LogP contribution is -2.22. The third-order valence-electron chi connectivity index (χ3n) is 2.78. The van der Waals surface area contributed by atoms with Crippen molar-refractivity contribution in [2.75, 3.05) is 6.54 Å². The van der Waals surface area contributed by atoms with Gasteiger partial charge in [-0.05, 0) is 42.1 Å². The topological polar surface area (TPSA) is 12.0 Å². The molecule has 0 saturated carbocycles. The van der Waals surface area contributed by atoms with E-state index in [0.29, 0.717) is 5.02 Å². The number of hydrogen-bond acceptors (Lipinski definition) is 2. The van der Waals surface area contributed by atoms with Gasteiger partial charge in [-0.1, -0.05) is 30.7 Å². The van der Waals surface area contributed by atoms with E-state index in [0.717, 1.165) is 18.5 Å². The van der Waals surface area contributed by atoms with Crippen molar-refractivity contribution in [3.8, 4) is 0 Å². The summed E-state index contributed by atoms with van der Waals surface area (Å²) in [6.45, 7) is 2.97. The highest BCUT2D eigenvalue weighted by Crippen LogP contribution is 2.26. The van der Waals surface area contributed by atoms with Gasteiger partial charge >= 0.3 is 0 Å². The molecular formula is C14H15ClFNS. The molecule has 0 amide bonds. The molecule has 4 heteroatoms. The first-order valence-corrected chi connectivity index (χ1v) is 7.17. The van der Waals surface area contributed by atoms with Crippen LogP contribution in [0.15, 0.2) is 35.7 Å². The molecule has 0 bridgehead atoms. The van der Waals surface area contributed by atoms with Gasteiger partial charge in [0, 0.05) is 15.9 Å². The zero-order valence-corrected chi connectivity index (χ0v) is 11.7. The van der Waals surface area contributed by atoms with Crippen LogP contribution < -0.4 is 5.32 Å². The molecule has 1 nitrogen and oxygen atoms in total. The van der Waals surface area contributed by atoms with Crippen molar-refractivity contribution < 1.29 is 4.39 Å². The Kier molecular flexibility index (Phi) is 4.75. The van der Waals surface area contributed by atoms with Crippen molar-refractivity contribution in [1.82, 2.24) is 5.32 Å². The van der Waals surface area contributed by atoms with Crippen LogP contribution in [0.2, 0.25) is 5.02 Å². The minimum atomic E-state index is -0.292. The van der Waals surface area contributed by atoms with E-state index in [1.54, 1.807) is 17.4 Å². The van der Waals surface area contributed by atoms with E-state index in [9.17, 15) is 4.39 Å². The van der Waals surface area contributed by atoms with Gasteiger partial charge in [-0.25, -0.2) is 4.39 Å². The summed E-state index contributed by atoms with van der Waals surface area (Å²) >= 11 is 7.79. The maximum Gasteiger partial charge on any atom is 0.124 e. The Morgan fingerprint density at radius 3 is 2.83 bits per heavy atom. The number of likely N-dealkylation sites (N-methyl/N-ethyl adjacent to an activating group) is 1. The zero-order chi connectivity index (χ0) is 13.0. The molecule has 0 saturated heterocycles. The summed E-state index contributed by atoms with van der Waals surface area (Å²) in [5.74, 6) is -0.292. The number of nitrogens with one attached hydrogen (secondary N) is 1. The van der Waals surface area contributed by atoms with Crippen LogP contribution in [0.5, 0.6) is 0 Å². The lowest BCUT2D eigenvalue weighted by molar-refractivity contribution is 0.557. The van der Waals surface area contributed by atoms with Gasteiger partial charge in [0.05, 0.1) is 0 Å². The van der Waals surface area contributed by atoms with Crippen molar-refractivity contribution >= 4 is 22.9 Å². The molecule has 1 aromatic heterocycles. The average Bonchev–Trinajstić information content (AvgIpc) is 2.85. The Bertz CT molecular complexity index is 499. The van der Waals surface area contributed by atoms with Gasteiger partial charge in [0.2, 0.25) is 0 Å². The SMILES string of the molecule is CCNC(Cc1ccc(F)cc1Cl)c1cccs1. The maximum atomic E-state index is 13.0. The van der Waals surface area contributed by atoms with Crippen LogP contribution in [0.1, 0.15) is 23.4 Å². The summed E-state index contributed by atoms with van der Waals surface area (Å²) in [4.78, 5) is 1.28. The first kappa shape index (κ1) is 13.5. The van der Waals surface area contributed by atoms with Gasteiger partial charge in [0.1, 0.15) is 5.82 Å². The first-order valence-electron chi connectivity index (χ1n) is 5.91. The Balaban J connectivity index is 2.18. The monoisotopic (exact) mass is 283 g/mol. The normalized spacial score (nSPS) is 12.6. The molecule has 0 fully saturated rings. The fourth-order valence-electron chi connectivity index (χ4n) is 1.92. The Labute approximate surface area is 116 Å². The van der Waals surface area contributed by atoms with E-state index in [-0.39, 0.29) is 11.9 Å². The van der Waals surface area contributed by atoms with Gasteiger partial charge in [0.25, 0.3) is 0 Å². The molecule has 0 radical (unpaired) electrons. The van der Waals surface area contributed by atoms with Crippen LogP contribution in [-0.2, 0) is 6.42 Å². The second-order valence-electron chi connectivity index (χ2n) is 4.07. The van der Waals surface area contributed by atoms with Gasteiger partial charge in [0.15, 0.2) is 0 Å². The van der Waals surface area contributed by atoms with Crippen molar-refractivity contribution in [3.05, 3.63) is 57.0 Å². The minimum Gasteiger partial charge on any atom is -0.309 e. The summed E-state index contributed by atoms with van der Waals surface area (Å²) in [5.41, 5.74) is 0.970. The molecule has 96 valence electrons. The first-order chi connectivity index (χ1) is 8.70. The number of benzene rings is 1. The summed E-state index contributed by atoms with van der Waals surface area (Å²) in [6.07, 6.45) is 0.771. The van der Waals surface area contributed by atoms with E-state index in [1.165, 1.54) is 17.0 Å². The third kappa shape index (κ3) is 3.31. The van der Waals surface area contributed by atoms with Gasteiger partial charge in [-0.3, -0.25) is 0 Å². The van der Waals surface area contributed by atoms with Crippen molar-refractivity contribution in [3.63, 3.8) is 0 Å². The van der Waals surface area contributed by atoms with Gasteiger partial charge < -0.3 is 5.32 Å². The highest BCUT2D eigenvalue weighted by Gasteiger charge is 2.14. The van der Waals surface area contributed by atoms with E-state index >= 15 is 0 Å². The Hall–Kier alpha value is -0.900. The molecule has 2 rings (SSSR count). The van der Waals surface area contributed by atoms with Crippen LogP contribution >= 0.6 is 22.9 Å². The molecule has 0 spiro atoms.